The number of aryl methyl sites for hydroxylation is 1. The number of hydrogen-bond donors (Lipinski definition) is 1. The quantitative estimate of drug-likeness (QED) is 0.923. The van der Waals surface area contributed by atoms with Crippen molar-refractivity contribution in [1.82, 2.24) is 5.32 Å². The Balaban J connectivity index is 1.68. The van der Waals surface area contributed by atoms with Gasteiger partial charge in [-0.1, -0.05) is 30.7 Å². The van der Waals surface area contributed by atoms with E-state index < -0.39 is 9.84 Å². The standard InChI is InChI=1S/C18H25NO3S/c1-23(21,22)15-9-5-8-14(12-15)19-18(20)17-11-4-7-13-6-2-3-10-16(13)17/h2-3,6,10,14-15,17H,4-5,7-9,11-12H2,1H3,(H,19,20)/t14-,15-,17+/m1/s1. The minimum absolute atomic E-state index is 0.00920. The minimum atomic E-state index is -3.02. The highest BCUT2D eigenvalue weighted by Gasteiger charge is 2.32. The molecule has 5 heteroatoms. The van der Waals surface area contributed by atoms with Gasteiger partial charge < -0.3 is 5.32 Å². The molecule has 0 saturated heterocycles. The molecule has 0 heterocycles. The van der Waals surface area contributed by atoms with Crippen molar-refractivity contribution in [2.24, 2.45) is 0 Å². The summed E-state index contributed by atoms with van der Waals surface area (Å²) in [6.45, 7) is 0. The van der Waals surface area contributed by atoms with Gasteiger partial charge in [-0.15, -0.1) is 0 Å². The molecule has 23 heavy (non-hydrogen) atoms. The molecule has 0 aromatic heterocycles. The van der Waals surface area contributed by atoms with Gasteiger partial charge in [0.25, 0.3) is 0 Å². The lowest BCUT2D eigenvalue weighted by atomic mass is 9.82. The highest BCUT2D eigenvalue weighted by molar-refractivity contribution is 7.91. The molecule has 3 rings (SSSR count). The van der Waals surface area contributed by atoms with Crippen LogP contribution in [0.1, 0.15) is 55.6 Å². The van der Waals surface area contributed by atoms with Gasteiger partial charge in [0.1, 0.15) is 9.84 Å². The number of hydrogen-bond acceptors (Lipinski definition) is 3. The second-order valence-electron chi connectivity index (χ2n) is 6.97. The summed E-state index contributed by atoms with van der Waals surface area (Å²) in [5.74, 6) is -0.0186. The summed E-state index contributed by atoms with van der Waals surface area (Å²) < 4.78 is 23.5. The maximum Gasteiger partial charge on any atom is 0.227 e. The van der Waals surface area contributed by atoms with Gasteiger partial charge in [0, 0.05) is 12.3 Å². The SMILES string of the molecule is CS(=O)(=O)[C@@H]1CCC[C@@H](NC(=O)[C@H]2CCCc3ccccc32)C1. The van der Waals surface area contributed by atoms with E-state index in [0.717, 1.165) is 44.1 Å². The van der Waals surface area contributed by atoms with E-state index in [-0.39, 0.29) is 23.1 Å². The molecule has 1 fully saturated rings. The van der Waals surface area contributed by atoms with Gasteiger partial charge in [0.05, 0.1) is 11.2 Å². The molecule has 1 aromatic rings. The molecule has 0 radical (unpaired) electrons. The van der Waals surface area contributed by atoms with Crippen LogP contribution in [0, 0.1) is 0 Å². The number of benzene rings is 1. The molecule has 0 bridgehead atoms. The number of amides is 1. The monoisotopic (exact) mass is 335 g/mol. The Hall–Kier alpha value is -1.36. The summed E-state index contributed by atoms with van der Waals surface area (Å²) in [6.07, 6.45) is 7.28. The van der Waals surface area contributed by atoms with Crippen LogP contribution in [-0.4, -0.2) is 31.9 Å². The topological polar surface area (TPSA) is 63.2 Å². The van der Waals surface area contributed by atoms with Crippen LogP contribution in [0.2, 0.25) is 0 Å². The Bertz CT molecular complexity index is 683. The Morgan fingerprint density at radius 1 is 1.13 bits per heavy atom. The summed E-state index contributed by atoms with van der Waals surface area (Å²) in [5.41, 5.74) is 2.42. The van der Waals surface area contributed by atoms with Crippen molar-refractivity contribution in [1.29, 1.82) is 0 Å². The number of sulfone groups is 1. The third-order valence-electron chi connectivity index (χ3n) is 5.26. The Kier molecular flexibility index (Phi) is 4.76. The first-order valence-corrected chi connectivity index (χ1v) is 10.5. The fraction of sp³-hybridized carbons (Fsp3) is 0.611. The van der Waals surface area contributed by atoms with E-state index in [1.165, 1.54) is 11.8 Å². The van der Waals surface area contributed by atoms with Gasteiger partial charge in [0.2, 0.25) is 5.91 Å². The van der Waals surface area contributed by atoms with Crippen LogP contribution in [-0.2, 0) is 21.1 Å². The van der Waals surface area contributed by atoms with Crippen LogP contribution in [0.5, 0.6) is 0 Å². The maximum absolute atomic E-state index is 12.7. The fourth-order valence-electron chi connectivity index (χ4n) is 3.99. The summed E-state index contributed by atoms with van der Waals surface area (Å²) in [7, 11) is -3.02. The van der Waals surface area contributed by atoms with E-state index in [9.17, 15) is 13.2 Å². The van der Waals surface area contributed by atoms with Gasteiger partial charge in [-0.25, -0.2) is 8.42 Å². The summed E-state index contributed by atoms with van der Waals surface area (Å²) in [6, 6.07) is 8.17. The lowest BCUT2D eigenvalue weighted by molar-refractivity contribution is -0.123. The summed E-state index contributed by atoms with van der Waals surface area (Å²) in [4.78, 5) is 12.7. The molecule has 4 nitrogen and oxygen atoms in total. The number of carbonyl (C=O) groups excluding carboxylic acids is 1. The van der Waals surface area contributed by atoms with Crippen LogP contribution in [0.15, 0.2) is 24.3 Å². The molecule has 1 aromatic carbocycles. The van der Waals surface area contributed by atoms with Crippen LogP contribution < -0.4 is 5.32 Å². The van der Waals surface area contributed by atoms with Crippen molar-refractivity contribution in [2.45, 2.75) is 62.2 Å². The smallest absolute Gasteiger partial charge is 0.227 e. The first-order chi connectivity index (χ1) is 10.9. The normalized spacial score (nSPS) is 28.0. The van der Waals surface area contributed by atoms with Crippen molar-refractivity contribution in [3.8, 4) is 0 Å². The fourth-order valence-corrected chi connectivity index (χ4v) is 5.17. The van der Waals surface area contributed by atoms with E-state index in [0.29, 0.717) is 6.42 Å². The van der Waals surface area contributed by atoms with Crippen LogP contribution in [0.4, 0.5) is 0 Å². The average Bonchev–Trinajstić information content (AvgIpc) is 2.53. The summed E-state index contributed by atoms with van der Waals surface area (Å²) in [5, 5.41) is 2.82. The third-order valence-corrected chi connectivity index (χ3v) is 6.90. The number of carbonyl (C=O) groups is 1. The van der Waals surface area contributed by atoms with Crippen molar-refractivity contribution < 1.29 is 13.2 Å². The van der Waals surface area contributed by atoms with Crippen LogP contribution in [0.25, 0.3) is 0 Å². The zero-order chi connectivity index (χ0) is 16.4. The van der Waals surface area contributed by atoms with Crippen molar-refractivity contribution in [3.05, 3.63) is 35.4 Å². The molecule has 0 aliphatic heterocycles. The average molecular weight is 335 g/mol. The molecular formula is C18H25NO3S. The van der Waals surface area contributed by atoms with E-state index >= 15 is 0 Å². The maximum atomic E-state index is 12.7. The minimum Gasteiger partial charge on any atom is -0.353 e. The Labute approximate surface area is 138 Å². The lowest BCUT2D eigenvalue weighted by Crippen LogP contribution is -2.44. The molecule has 2 aliphatic rings. The molecule has 2 aliphatic carbocycles. The largest absolute Gasteiger partial charge is 0.353 e. The zero-order valence-electron chi connectivity index (χ0n) is 13.6. The van der Waals surface area contributed by atoms with Crippen molar-refractivity contribution >= 4 is 15.7 Å². The molecule has 1 saturated carbocycles. The Morgan fingerprint density at radius 2 is 1.91 bits per heavy atom. The first-order valence-electron chi connectivity index (χ1n) is 8.52. The second kappa shape index (κ2) is 6.63. The highest BCUT2D eigenvalue weighted by atomic mass is 32.2. The van der Waals surface area contributed by atoms with E-state index in [1.54, 1.807) is 0 Å². The molecular weight excluding hydrogens is 310 g/mol. The first kappa shape index (κ1) is 16.5. The van der Waals surface area contributed by atoms with Crippen molar-refractivity contribution in [3.63, 3.8) is 0 Å². The predicted octanol–water partition coefficient (Wildman–Crippen LogP) is 2.58. The molecule has 126 valence electrons. The van der Waals surface area contributed by atoms with E-state index in [1.807, 2.05) is 12.1 Å². The summed E-state index contributed by atoms with van der Waals surface area (Å²) >= 11 is 0. The molecule has 1 amide bonds. The molecule has 3 atom stereocenters. The molecule has 0 spiro atoms. The van der Waals surface area contributed by atoms with Crippen LogP contribution >= 0.6 is 0 Å². The van der Waals surface area contributed by atoms with Gasteiger partial charge in [0.15, 0.2) is 0 Å². The number of rotatable bonds is 3. The molecule has 0 unspecified atom stereocenters. The zero-order valence-corrected chi connectivity index (χ0v) is 14.4. The van der Waals surface area contributed by atoms with Crippen LogP contribution in [0.3, 0.4) is 0 Å². The second-order valence-corrected chi connectivity index (χ2v) is 9.29. The lowest BCUT2D eigenvalue weighted by Gasteiger charge is -2.31. The van der Waals surface area contributed by atoms with Gasteiger partial charge >= 0.3 is 0 Å². The third kappa shape index (κ3) is 3.77. The van der Waals surface area contributed by atoms with Crippen molar-refractivity contribution in [2.75, 3.05) is 6.26 Å². The number of nitrogens with one attached hydrogen (secondary N) is 1. The van der Waals surface area contributed by atoms with E-state index in [2.05, 4.69) is 17.4 Å². The number of fused-ring (bicyclic) bond motifs is 1. The predicted molar refractivity (Wildman–Crippen MR) is 91.2 cm³/mol. The van der Waals surface area contributed by atoms with Gasteiger partial charge in [-0.2, -0.15) is 0 Å². The van der Waals surface area contributed by atoms with E-state index in [4.69, 9.17) is 0 Å². The Morgan fingerprint density at radius 3 is 2.70 bits per heavy atom. The highest BCUT2D eigenvalue weighted by Crippen LogP contribution is 2.32. The van der Waals surface area contributed by atoms with Gasteiger partial charge in [-0.3, -0.25) is 4.79 Å². The van der Waals surface area contributed by atoms with Gasteiger partial charge in [-0.05, 0) is 49.7 Å². The molecule has 1 N–H and O–H groups in total.